The van der Waals surface area contributed by atoms with Crippen molar-refractivity contribution < 1.29 is 17.9 Å². The van der Waals surface area contributed by atoms with Gasteiger partial charge in [-0.2, -0.15) is 0 Å². The van der Waals surface area contributed by atoms with Crippen molar-refractivity contribution in [1.29, 1.82) is 0 Å². The Morgan fingerprint density at radius 2 is 1.87 bits per heavy atom. The molecular weight excluding hydrogens is 314 g/mol. The van der Waals surface area contributed by atoms with Crippen LogP contribution in [0.4, 0.5) is 0 Å². The Bertz CT molecular complexity index is 594. The van der Waals surface area contributed by atoms with Crippen molar-refractivity contribution in [2.24, 2.45) is 5.92 Å². The summed E-state index contributed by atoms with van der Waals surface area (Å²) in [6.45, 7) is 0. The second kappa shape index (κ2) is 8.45. The Morgan fingerprint density at radius 1 is 1.22 bits per heavy atom. The molecular formula is C17H25NO4S. The van der Waals surface area contributed by atoms with E-state index in [9.17, 15) is 13.2 Å². The molecule has 1 saturated carbocycles. The smallest absolute Gasteiger partial charge is 0.323 e. The number of carbonyl (C=O) groups is 1. The molecule has 6 heteroatoms. The van der Waals surface area contributed by atoms with Gasteiger partial charge in [0.2, 0.25) is 10.0 Å². The fraction of sp³-hybridized carbons (Fsp3) is 0.588. The van der Waals surface area contributed by atoms with Crippen molar-refractivity contribution >= 4 is 16.0 Å². The lowest BCUT2D eigenvalue weighted by atomic mass is 9.85. The first kappa shape index (κ1) is 17.9. The number of benzene rings is 1. The fourth-order valence-electron chi connectivity index (χ4n) is 3.14. The van der Waals surface area contributed by atoms with Crippen LogP contribution in [0.2, 0.25) is 0 Å². The van der Waals surface area contributed by atoms with Crippen LogP contribution in [0.15, 0.2) is 30.3 Å². The van der Waals surface area contributed by atoms with Gasteiger partial charge in [-0.3, -0.25) is 4.79 Å². The largest absolute Gasteiger partial charge is 0.468 e. The molecule has 1 aromatic rings. The molecule has 2 rings (SSSR count). The molecule has 0 spiro atoms. The van der Waals surface area contributed by atoms with Crippen LogP contribution in [-0.2, 0) is 25.3 Å². The molecule has 1 aromatic carbocycles. The Labute approximate surface area is 138 Å². The molecule has 1 atom stereocenters. The lowest BCUT2D eigenvalue weighted by Crippen LogP contribution is -2.43. The van der Waals surface area contributed by atoms with Crippen LogP contribution in [0, 0.1) is 5.92 Å². The van der Waals surface area contributed by atoms with Crippen molar-refractivity contribution in [3.63, 3.8) is 0 Å². The van der Waals surface area contributed by atoms with Gasteiger partial charge in [-0.05, 0) is 17.9 Å². The number of nitrogens with one attached hydrogen (secondary N) is 1. The second-order valence-electron chi connectivity index (χ2n) is 6.18. The van der Waals surface area contributed by atoms with E-state index in [1.165, 1.54) is 13.5 Å². The summed E-state index contributed by atoms with van der Waals surface area (Å²) in [5.41, 5.74) is 0.696. The van der Waals surface area contributed by atoms with Gasteiger partial charge in [0, 0.05) is 0 Å². The Hall–Kier alpha value is -1.40. The Kier molecular flexibility index (Phi) is 6.59. The molecule has 0 saturated heterocycles. The highest BCUT2D eigenvalue weighted by atomic mass is 32.2. The minimum Gasteiger partial charge on any atom is -0.468 e. The maximum Gasteiger partial charge on any atom is 0.323 e. The van der Waals surface area contributed by atoms with Crippen LogP contribution >= 0.6 is 0 Å². The van der Waals surface area contributed by atoms with Crippen molar-refractivity contribution in [3.8, 4) is 0 Å². The summed E-state index contributed by atoms with van der Waals surface area (Å²) in [6, 6.07) is 8.15. The third-order valence-corrected chi connectivity index (χ3v) is 5.66. The molecule has 0 radical (unpaired) electrons. The molecule has 0 aromatic heterocycles. The van der Waals surface area contributed by atoms with E-state index in [1.807, 2.05) is 6.07 Å². The second-order valence-corrected chi connectivity index (χ2v) is 7.93. The van der Waals surface area contributed by atoms with Crippen molar-refractivity contribution in [1.82, 2.24) is 4.72 Å². The lowest BCUT2D eigenvalue weighted by molar-refractivity contribution is -0.143. The zero-order valence-corrected chi connectivity index (χ0v) is 14.3. The number of esters is 1. The number of carbonyl (C=O) groups excluding carboxylic acids is 1. The summed E-state index contributed by atoms with van der Waals surface area (Å²) in [6.07, 6.45) is 6.13. The standard InChI is InChI=1S/C17H25NO4S/c1-22-17(19)16(12-14-8-4-2-5-9-14)18-23(20,21)13-15-10-6-3-7-11-15/h3,6-7,10-11,14,16,18H,2,4-5,8-9,12-13H2,1H3/t16-/m0/s1. The zero-order chi connectivity index (χ0) is 16.7. The highest BCUT2D eigenvalue weighted by Gasteiger charge is 2.29. The fourth-order valence-corrected chi connectivity index (χ4v) is 4.48. The van der Waals surface area contributed by atoms with E-state index in [0.29, 0.717) is 17.9 Å². The Balaban J connectivity index is 2.02. The zero-order valence-electron chi connectivity index (χ0n) is 13.5. The van der Waals surface area contributed by atoms with Gasteiger partial charge in [0.25, 0.3) is 0 Å². The number of sulfonamides is 1. The van der Waals surface area contributed by atoms with Crippen LogP contribution in [0.3, 0.4) is 0 Å². The molecule has 1 fully saturated rings. The molecule has 1 aliphatic carbocycles. The van der Waals surface area contributed by atoms with E-state index in [4.69, 9.17) is 4.74 Å². The summed E-state index contributed by atoms with van der Waals surface area (Å²) in [5.74, 6) is -0.258. The van der Waals surface area contributed by atoms with E-state index < -0.39 is 22.0 Å². The average Bonchev–Trinajstić information content (AvgIpc) is 2.54. The van der Waals surface area contributed by atoms with E-state index in [-0.39, 0.29) is 5.75 Å². The minimum absolute atomic E-state index is 0.133. The number of hydrogen-bond acceptors (Lipinski definition) is 4. The maximum absolute atomic E-state index is 12.4. The van der Waals surface area contributed by atoms with Crippen LogP contribution in [0.25, 0.3) is 0 Å². The number of hydrogen-bond donors (Lipinski definition) is 1. The number of rotatable bonds is 7. The molecule has 0 unspecified atom stereocenters. The van der Waals surface area contributed by atoms with Gasteiger partial charge in [0.15, 0.2) is 0 Å². The van der Waals surface area contributed by atoms with Gasteiger partial charge in [-0.15, -0.1) is 0 Å². The summed E-state index contributed by atoms with van der Waals surface area (Å²) < 4.78 is 32.0. The maximum atomic E-state index is 12.4. The first-order chi connectivity index (χ1) is 11.0. The predicted molar refractivity (Wildman–Crippen MR) is 89.2 cm³/mol. The molecule has 23 heavy (non-hydrogen) atoms. The van der Waals surface area contributed by atoms with Crippen LogP contribution < -0.4 is 4.72 Å². The van der Waals surface area contributed by atoms with Crippen LogP contribution in [0.5, 0.6) is 0 Å². The number of methoxy groups -OCH3 is 1. The highest BCUT2D eigenvalue weighted by molar-refractivity contribution is 7.88. The minimum atomic E-state index is -3.59. The molecule has 0 bridgehead atoms. The van der Waals surface area contributed by atoms with Crippen molar-refractivity contribution in [2.45, 2.75) is 50.3 Å². The van der Waals surface area contributed by atoms with Crippen molar-refractivity contribution in [2.75, 3.05) is 7.11 Å². The summed E-state index contributed by atoms with van der Waals surface area (Å²) in [4.78, 5) is 12.0. The van der Waals surface area contributed by atoms with Gasteiger partial charge in [0.05, 0.1) is 12.9 Å². The van der Waals surface area contributed by atoms with E-state index >= 15 is 0 Å². The summed E-state index contributed by atoms with van der Waals surface area (Å²) in [7, 11) is -2.30. The average molecular weight is 339 g/mol. The van der Waals surface area contributed by atoms with Crippen molar-refractivity contribution in [3.05, 3.63) is 35.9 Å². The van der Waals surface area contributed by atoms with E-state index in [2.05, 4.69) is 4.72 Å². The molecule has 0 aliphatic heterocycles. The third-order valence-electron chi connectivity index (χ3n) is 4.30. The Morgan fingerprint density at radius 3 is 2.48 bits per heavy atom. The van der Waals surface area contributed by atoms with Gasteiger partial charge >= 0.3 is 5.97 Å². The molecule has 1 N–H and O–H groups in total. The topological polar surface area (TPSA) is 72.5 Å². The normalized spacial score (nSPS) is 17.6. The molecule has 1 aliphatic rings. The molecule has 5 nitrogen and oxygen atoms in total. The van der Waals surface area contributed by atoms with Crippen LogP contribution in [0.1, 0.15) is 44.1 Å². The first-order valence-corrected chi connectivity index (χ1v) is 9.77. The first-order valence-electron chi connectivity index (χ1n) is 8.12. The van der Waals surface area contributed by atoms with E-state index in [0.717, 1.165) is 25.7 Å². The van der Waals surface area contributed by atoms with Gasteiger partial charge in [0.1, 0.15) is 6.04 Å². The van der Waals surface area contributed by atoms with Gasteiger partial charge < -0.3 is 4.74 Å². The lowest BCUT2D eigenvalue weighted by Gasteiger charge is -2.25. The third kappa shape index (κ3) is 5.95. The molecule has 0 amide bonds. The molecule has 128 valence electrons. The molecule has 0 heterocycles. The van der Waals surface area contributed by atoms with Gasteiger partial charge in [-0.1, -0.05) is 62.4 Å². The highest BCUT2D eigenvalue weighted by Crippen LogP contribution is 2.27. The summed E-state index contributed by atoms with van der Waals surface area (Å²) >= 11 is 0. The van der Waals surface area contributed by atoms with E-state index in [1.54, 1.807) is 24.3 Å². The quantitative estimate of drug-likeness (QED) is 0.775. The number of ether oxygens (including phenoxy) is 1. The summed E-state index contributed by atoms with van der Waals surface area (Å²) in [5, 5.41) is 0. The van der Waals surface area contributed by atoms with Gasteiger partial charge in [-0.25, -0.2) is 13.1 Å². The predicted octanol–water partition coefficient (Wildman–Crippen LogP) is 2.62. The monoisotopic (exact) mass is 339 g/mol. The SMILES string of the molecule is COC(=O)[C@H](CC1CCCCC1)NS(=O)(=O)Cc1ccccc1. The van der Waals surface area contributed by atoms with Crippen LogP contribution in [-0.4, -0.2) is 27.5 Å².